The lowest BCUT2D eigenvalue weighted by molar-refractivity contribution is -0.118. The number of aliphatic hydroxyl groups is 1. The smallest absolute Gasteiger partial charge is 0.235 e. The summed E-state index contributed by atoms with van der Waals surface area (Å²) in [6, 6.07) is 0. The van der Waals surface area contributed by atoms with Crippen LogP contribution in [0.1, 0.15) is 31.9 Å². The van der Waals surface area contributed by atoms with Crippen LogP contribution >= 0.6 is 23.7 Å². The fourth-order valence-electron chi connectivity index (χ4n) is 1.71. The molecule has 0 unspecified atom stereocenters. The van der Waals surface area contributed by atoms with Crippen LogP contribution in [-0.2, 0) is 9.59 Å². The molecule has 1 heterocycles. The average Bonchev–Trinajstić information content (AvgIpc) is 2.75. The molecule has 1 aliphatic carbocycles. The molecule has 0 spiro atoms. The predicted molar refractivity (Wildman–Crippen MR) is 75.2 cm³/mol. The van der Waals surface area contributed by atoms with Crippen LogP contribution in [0.5, 0.6) is 0 Å². The van der Waals surface area contributed by atoms with Gasteiger partial charge in [-0.25, -0.2) is 4.98 Å². The van der Waals surface area contributed by atoms with Gasteiger partial charge in [0.25, 0.3) is 0 Å². The molecule has 0 radical (unpaired) electrons. The standard InChI is InChI=1S/C11H13N3O3S.ClH/c1-6(15)13-14-11-12-7(5-18-11)10-8(16)3-2-4-9(10)17;/h5,16H,2-4H2,1H3,(H,12,14)(H,13,15);1H. The van der Waals surface area contributed by atoms with Gasteiger partial charge < -0.3 is 5.11 Å². The van der Waals surface area contributed by atoms with Crippen molar-refractivity contribution in [3.05, 3.63) is 16.8 Å². The van der Waals surface area contributed by atoms with Gasteiger partial charge in [0.05, 0.1) is 11.3 Å². The molecule has 1 aromatic heterocycles. The Labute approximate surface area is 120 Å². The van der Waals surface area contributed by atoms with Crippen molar-refractivity contribution in [2.45, 2.75) is 26.2 Å². The molecular weight excluding hydrogens is 290 g/mol. The molecule has 1 aliphatic rings. The first-order valence-corrected chi connectivity index (χ1v) is 6.39. The summed E-state index contributed by atoms with van der Waals surface area (Å²) in [7, 11) is 0. The Kier molecular flexibility index (Phi) is 5.31. The number of thiazole rings is 1. The molecule has 0 bridgehead atoms. The number of halogens is 1. The van der Waals surface area contributed by atoms with Crippen LogP contribution in [-0.4, -0.2) is 21.8 Å². The van der Waals surface area contributed by atoms with E-state index in [4.69, 9.17) is 0 Å². The highest BCUT2D eigenvalue weighted by Gasteiger charge is 2.23. The normalized spacial score (nSPS) is 14.9. The number of hydrazine groups is 1. The molecule has 1 aromatic rings. The Bertz CT molecular complexity index is 527. The lowest BCUT2D eigenvalue weighted by Gasteiger charge is -2.12. The second-order valence-electron chi connectivity index (χ2n) is 3.94. The van der Waals surface area contributed by atoms with Gasteiger partial charge in [0, 0.05) is 25.1 Å². The van der Waals surface area contributed by atoms with Gasteiger partial charge in [0.1, 0.15) is 5.76 Å². The highest BCUT2D eigenvalue weighted by atomic mass is 35.5. The van der Waals surface area contributed by atoms with E-state index in [1.54, 1.807) is 5.38 Å². The first-order valence-electron chi connectivity index (χ1n) is 5.51. The van der Waals surface area contributed by atoms with Crippen molar-refractivity contribution in [1.29, 1.82) is 0 Å². The number of anilines is 1. The summed E-state index contributed by atoms with van der Waals surface area (Å²) in [5, 5.41) is 11.9. The first kappa shape index (κ1) is 15.5. The number of allylic oxidation sites excluding steroid dienone is 2. The van der Waals surface area contributed by atoms with Crippen LogP contribution < -0.4 is 10.9 Å². The molecule has 0 fully saturated rings. The summed E-state index contributed by atoms with van der Waals surface area (Å²) >= 11 is 1.25. The third kappa shape index (κ3) is 3.68. The molecule has 3 N–H and O–H groups in total. The predicted octanol–water partition coefficient (Wildman–Crippen LogP) is 2.05. The summed E-state index contributed by atoms with van der Waals surface area (Å²) in [6.07, 6.45) is 1.62. The van der Waals surface area contributed by atoms with Crippen LogP contribution in [0.2, 0.25) is 0 Å². The average molecular weight is 304 g/mol. The molecular formula is C11H14ClN3O3S. The number of nitrogens with zero attached hydrogens (tertiary/aromatic N) is 1. The fraction of sp³-hybridized carbons (Fsp3) is 0.364. The van der Waals surface area contributed by atoms with Gasteiger partial charge >= 0.3 is 0 Å². The first-order chi connectivity index (χ1) is 8.58. The Morgan fingerprint density at radius 1 is 1.47 bits per heavy atom. The van der Waals surface area contributed by atoms with Crippen molar-refractivity contribution in [3.8, 4) is 0 Å². The summed E-state index contributed by atoms with van der Waals surface area (Å²) < 4.78 is 0. The van der Waals surface area contributed by atoms with Crippen molar-refractivity contribution in [2.75, 3.05) is 5.43 Å². The third-order valence-electron chi connectivity index (χ3n) is 2.49. The van der Waals surface area contributed by atoms with Crippen LogP contribution in [0.15, 0.2) is 11.1 Å². The number of hydrogen-bond acceptors (Lipinski definition) is 6. The molecule has 19 heavy (non-hydrogen) atoms. The van der Waals surface area contributed by atoms with Gasteiger partial charge in [0.15, 0.2) is 5.78 Å². The molecule has 0 saturated heterocycles. The zero-order valence-electron chi connectivity index (χ0n) is 10.2. The summed E-state index contributed by atoms with van der Waals surface area (Å²) in [4.78, 5) is 26.6. The molecule has 104 valence electrons. The monoisotopic (exact) mass is 303 g/mol. The summed E-state index contributed by atoms with van der Waals surface area (Å²) in [5.41, 5.74) is 5.77. The van der Waals surface area contributed by atoms with E-state index in [-0.39, 0.29) is 29.9 Å². The summed E-state index contributed by atoms with van der Waals surface area (Å²) in [5.74, 6) is -0.222. The van der Waals surface area contributed by atoms with Gasteiger partial charge in [-0.05, 0) is 6.42 Å². The number of carbonyl (C=O) groups is 2. The molecule has 1 amide bonds. The van der Waals surface area contributed by atoms with E-state index in [0.29, 0.717) is 35.7 Å². The van der Waals surface area contributed by atoms with E-state index in [0.717, 1.165) is 0 Å². The molecule has 2 rings (SSSR count). The van der Waals surface area contributed by atoms with E-state index in [2.05, 4.69) is 15.8 Å². The topological polar surface area (TPSA) is 91.3 Å². The van der Waals surface area contributed by atoms with E-state index in [1.807, 2.05) is 0 Å². The van der Waals surface area contributed by atoms with Crippen molar-refractivity contribution < 1.29 is 14.7 Å². The van der Waals surface area contributed by atoms with Crippen molar-refractivity contribution in [2.24, 2.45) is 0 Å². The van der Waals surface area contributed by atoms with E-state index >= 15 is 0 Å². The van der Waals surface area contributed by atoms with Gasteiger partial charge in [-0.3, -0.25) is 20.4 Å². The number of Topliss-reactive ketones (excluding diaryl/α,β-unsaturated/α-hetero) is 1. The zero-order valence-corrected chi connectivity index (χ0v) is 11.9. The highest BCUT2D eigenvalue weighted by Crippen LogP contribution is 2.30. The Balaban J connectivity index is 0.00000180. The van der Waals surface area contributed by atoms with Gasteiger partial charge in [-0.15, -0.1) is 23.7 Å². The number of amides is 1. The molecule has 0 saturated carbocycles. The van der Waals surface area contributed by atoms with Gasteiger partial charge in [-0.2, -0.15) is 0 Å². The minimum Gasteiger partial charge on any atom is -0.511 e. The third-order valence-corrected chi connectivity index (χ3v) is 3.25. The fourth-order valence-corrected chi connectivity index (χ4v) is 2.36. The van der Waals surface area contributed by atoms with E-state index in [9.17, 15) is 14.7 Å². The van der Waals surface area contributed by atoms with Gasteiger partial charge in [-0.1, -0.05) is 0 Å². The Hall–Kier alpha value is -1.60. The molecule has 6 nitrogen and oxygen atoms in total. The lowest BCUT2D eigenvalue weighted by Crippen LogP contribution is -2.26. The molecule has 0 atom stereocenters. The number of nitrogens with one attached hydrogen (secondary N) is 2. The number of aliphatic hydroxyl groups excluding tert-OH is 1. The second-order valence-corrected chi connectivity index (χ2v) is 4.80. The Morgan fingerprint density at radius 3 is 2.84 bits per heavy atom. The minimum absolute atomic E-state index is 0. The number of carbonyl (C=O) groups excluding carboxylic acids is 2. The number of rotatable bonds is 3. The maximum Gasteiger partial charge on any atom is 0.235 e. The summed E-state index contributed by atoms with van der Waals surface area (Å²) in [6.45, 7) is 1.38. The maximum absolute atomic E-state index is 11.7. The lowest BCUT2D eigenvalue weighted by atomic mass is 9.95. The molecule has 8 heteroatoms. The van der Waals surface area contributed by atoms with Crippen molar-refractivity contribution in [3.63, 3.8) is 0 Å². The van der Waals surface area contributed by atoms with Crippen molar-refractivity contribution >= 4 is 46.1 Å². The number of ketones is 1. The molecule has 0 aliphatic heterocycles. The van der Waals surface area contributed by atoms with Crippen LogP contribution in [0.25, 0.3) is 5.57 Å². The maximum atomic E-state index is 11.7. The number of hydrogen-bond donors (Lipinski definition) is 3. The van der Waals surface area contributed by atoms with Crippen molar-refractivity contribution in [1.82, 2.24) is 10.4 Å². The largest absolute Gasteiger partial charge is 0.511 e. The second kappa shape index (κ2) is 6.53. The number of aromatic nitrogens is 1. The van der Waals surface area contributed by atoms with E-state index in [1.165, 1.54) is 18.3 Å². The Morgan fingerprint density at radius 2 is 2.21 bits per heavy atom. The highest BCUT2D eigenvalue weighted by molar-refractivity contribution is 7.13. The van der Waals surface area contributed by atoms with E-state index < -0.39 is 0 Å². The SMILES string of the molecule is CC(=O)NNc1nc(C2=C(O)CCCC2=O)cs1.Cl. The van der Waals surface area contributed by atoms with Crippen LogP contribution in [0, 0.1) is 0 Å². The molecule has 0 aromatic carbocycles. The van der Waals surface area contributed by atoms with Crippen LogP contribution in [0.3, 0.4) is 0 Å². The quantitative estimate of drug-likeness (QED) is 0.743. The minimum atomic E-state index is -0.234. The van der Waals surface area contributed by atoms with Gasteiger partial charge in [0.2, 0.25) is 11.0 Å². The van der Waals surface area contributed by atoms with Crippen LogP contribution in [0.4, 0.5) is 5.13 Å². The zero-order chi connectivity index (χ0) is 13.1.